The molecule has 6 heteroatoms. The van der Waals surface area contributed by atoms with Gasteiger partial charge in [0.05, 0.1) is 5.69 Å². The fraction of sp³-hybridized carbons (Fsp3) is 0.414. The van der Waals surface area contributed by atoms with E-state index in [1.807, 2.05) is 24.3 Å². The van der Waals surface area contributed by atoms with E-state index in [1.165, 1.54) is 44.2 Å². The molecule has 2 fully saturated rings. The van der Waals surface area contributed by atoms with Gasteiger partial charge in [-0.1, -0.05) is 43.5 Å². The van der Waals surface area contributed by atoms with Crippen LogP contribution < -0.4 is 15.5 Å². The van der Waals surface area contributed by atoms with E-state index in [-0.39, 0.29) is 17.5 Å². The highest BCUT2D eigenvalue weighted by atomic mass is 16.2. The predicted octanol–water partition coefficient (Wildman–Crippen LogP) is 5.79. The molecule has 2 N–H and O–H groups in total. The number of aromatic nitrogens is 1. The first-order chi connectivity index (χ1) is 17.2. The zero-order valence-electron chi connectivity index (χ0n) is 20.3. The van der Waals surface area contributed by atoms with E-state index < -0.39 is 0 Å². The minimum Gasteiger partial charge on any atom is -0.371 e. The monoisotopic (exact) mass is 470 g/mol. The first kappa shape index (κ1) is 23.3. The number of rotatable bonds is 6. The minimum atomic E-state index is -0.239. The smallest absolute Gasteiger partial charge is 0.272 e. The van der Waals surface area contributed by atoms with Crippen LogP contribution in [0.3, 0.4) is 0 Å². The summed E-state index contributed by atoms with van der Waals surface area (Å²) in [5.74, 6) is 0.0525. The van der Waals surface area contributed by atoms with Crippen molar-refractivity contribution in [3.63, 3.8) is 0 Å². The van der Waals surface area contributed by atoms with E-state index in [9.17, 15) is 9.59 Å². The van der Waals surface area contributed by atoms with Crippen LogP contribution in [0.1, 0.15) is 72.2 Å². The Kier molecular flexibility index (Phi) is 7.26. The molecule has 35 heavy (non-hydrogen) atoms. The van der Waals surface area contributed by atoms with Crippen molar-refractivity contribution in [3.8, 4) is 0 Å². The summed E-state index contributed by atoms with van der Waals surface area (Å²) in [6.07, 6.45) is 11.3. The van der Waals surface area contributed by atoms with E-state index in [1.54, 1.807) is 18.3 Å². The maximum atomic E-state index is 13.4. The second-order valence-corrected chi connectivity index (χ2v) is 9.79. The van der Waals surface area contributed by atoms with Crippen LogP contribution in [0.5, 0.6) is 0 Å². The Morgan fingerprint density at radius 3 is 2.37 bits per heavy atom. The van der Waals surface area contributed by atoms with E-state index in [2.05, 4.69) is 32.7 Å². The molecule has 0 spiro atoms. The second-order valence-electron chi connectivity index (χ2n) is 9.79. The molecule has 1 aliphatic heterocycles. The molecule has 3 aromatic rings. The van der Waals surface area contributed by atoms with Gasteiger partial charge < -0.3 is 15.5 Å². The Balaban J connectivity index is 1.35. The molecule has 2 aliphatic rings. The molecular weight excluding hydrogens is 436 g/mol. The van der Waals surface area contributed by atoms with Gasteiger partial charge in [-0.2, -0.15) is 0 Å². The van der Waals surface area contributed by atoms with Crippen LogP contribution in [0.25, 0.3) is 10.8 Å². The zero-order valence-corrected chi connectivity index (χ0v) is 20.3. The number of anilines is 2. The topological polar surface area (TPSA) is 74.3 Å². The Morgan fingerprint density at radius 2 is 1.57 bits per heavy atom. The Bertz CT molecular complexity index is 1200. The number of nitrogens with one attached hydrogen (secondary N) is 2. The molecule has 2 heterocycles. The van der Waals surface area contributed by atoms with Crippen LogP contribution >= 0.6 is 0 Å². The summed E-state index contributed by atoms with van der Waals surface area (Å²) in [4.78, 5) is 33.1. The number of carbonyl (C=O) groups is 2. The minimum absolute atomic E-state index is 0.235. The summed E-state index contributed by atoms with van der Waals surface area (Å²) in [7, 11) is 0. The predicted molar refractivity (Wildman–Crippen MR) is 141 cm³/mol. The van der Waals surface area contributed by atoms with Crippen molar-refractivity contribution in [1.82, 2.24) is 10.3 Å². The lowest BCUT2D eigenvalue weighted by molar-refractivity contribution is 0.0939. The average Bonchev–Trinajstić information content (AvgIpc) is 2.92. The Labute approximate surface area is 207 Å². The van der Waals surface area contributed by atoms with E-state index in [0.717, 1.165) is 36.7 Å². The van der Waals surface area contributed by atoms with Gasteiger partial charge in [0.15, 0.2) is 5.69 Å². The van der Waals surface area contributed by atoms with Crippen LogP contribution in [0.4, 0.5) is 11.4 Å². The maximum absolute atomic E-state index is 13.4. The average molecular weight is 471 g/mol. The van der Waals surface area contributed by atoms with Gasteiger partial charge >= 0.3 is 0 Å². The molecule has 1 aliphatic carbocycles. The molecule has 5 rings (SSSR count). The molecule has 6 nitrogen and oxygen atoms in total. The van der Waals surface area contributed by atoms with Gasteiger partial charge in [-0.15, -0.1) is 0 Å². The Hall–Kier alpha value is -3.41. The van der Waals surface area contributed by atoms with Gasteiger partial charge in [0, 0.05) is 42.5 Å². The number of benzene rings is 2. The third-order valence-corrected chi connectivity index (χ3v) is 7.39. The number of pyridine rings is 1. The number of nitrogens with zero attached hydrogens (tertiary/aromatic N) is 2. The second kappa shape index (κ2) is 10.9. The number of piperidine rings is 1. The molecule has 2 aromatic carbocycles. The quantitative estimate of drug-likeness (QED) is 0.478. The number of fused-ring (bicyclic) bond motifs is 1. The lowest BCUT2D eigenvalue weighted by atomic mass is 9.89. The van der Waals surface area contributed by atoms with Crippen molar-refractivity contribution in [2.75, 3.05) is 29.9 Å². The lowest BCUT2D eigenvalue weighted by Crippen LogP contribution is -2.31. The van der Waals surface area contributed by atoms with Crippen molar-refractivity contribution >= 4 is 34.0 Å². The van der Waals surface area contributed by atoms with Gasteiger partial charge in [0.25, 0.3) is 11.8 Å². The summed E-state index contributed by atoms with van der Waals surface area (Å²) >= 11 is 0. The first-order valence-corrected chi connectivity index (χ1v) is 13.0. The molecular formula is C29H34N4O2. The van der Waals surface area contributed by atoms with Crippen molar-refractivity contribution in [2.45, 2.75) is 51.4 Å². The summed E-state index contributed by atoms with van der Waals surface area (Å²) in [6, 6.07) is 15.5. The number of hydrogen-bond donors (Lipinski definition) is 2. The zero-order chi connectivity index (χ0) is 24.0. The molecule has 1 aromatic heterocycles. The van der Waals surface area contributed by atoms with Crippen molar-refractivity contribution < 1.29 is 9.59 Å². The van der Waals surface area contributed by atoms with Gasteiger partial charge in [-0.25, -0.2) is 4.98 Å². The number of carbonyl (C=O) groups excluding carboxylic acids is 2. The van der Waals surface area contributed by atoms with Crippen molar-refractivity contribution in [1.29, 1.82) is 0 Å². The van der Waals surface area contributed by atoms with E-state index >= 15 is 0 Å². The van der Waals surface area contributed by atoms with Crippen LogP contribution in [0.2, 0.25) is 0 Å². The van der Waals surface area contributed by atoms with E-state index in [0.29, 0.717) is 23.7 Å². The third kappa shape index (κ3) is 5.31. The van der Waals surface area contributed by atoms with Crippen LogP contribution in [-0.2, 0) is 0 Å². The summed E-state index contributed by atoms with van der Waals surface area (Å²) in [5, 5.41) is 8.00. The molecule has 0 radical (unpaired) electrons. The maximum Gasteiger partial charge on any atom is 0.272 e. The van der Waals surface area contributed by atoms with Crippen LogP contribution in [-0.4, -0.2) is 36.4 Å². The number of hydrogen-bond acceptors (Lipinski definition) is 4. The van der Waals surface area contributed by atoms with Gasteiger partial charge in [-0.3, -0.25) is 9.59 Å². The Morgan fingerprint density at radius 1 is 0.829 bits per heavy atom. The third-order valence-electron chi connectivity index (χ3n) is 7.39. The molecule has 1 saturated carbocycles. The first-order valence-electron chi connectivity index (χ1n) is 13.0. The molecule has 0 bridgehead atoms. The lowest BCUT2D eigenvalue weighted by Gasteiger charge is -2.30. The summed E-state index contributed by atoms with van der Waals surface area (Å²) < 4.78 is 0. The normalized spacial score (nSPS) is 16.7. The van der Waals surface area contributed by atoms with Gasteiger partial charge in [0.2, 0.25) is 0 Å². The van der Waals surface area contributed by atoms with Crippen molar-refractivity contribution in [3.05, 3.63) is 66.0 Å². The van der Waals surface area contributed by atoms with Crippen LogP contribution in [0.15, 0.2) is 54.7 Å². The fourth-order valence-electron chi connectivity index (χ4n) is 5.48. The van der Waals surface area contributed by atoms with Gasteiger partial charge in [-0.05, 0) is 67.7 Å². The largest absolute Gasteiger partial charge is 0.371 e. The number of amides is 2. The highest BCUT2D eigenvalue weighted by Gasteiger charge is 2.21. The highest BCUT2D eigenvalue weighted by Crippen LogP contribution is 2.32. The fourth-order valence-corrected chi connectivity index (χ4v) is 5.48. The van der Waals surface area contributed by atoms with Gasteiger partial charge in [0.1, 0.15) is 0 Å². The van der Waals surface area contributed by atoms with Crippen molar-refractivity contribution in [2.24, 2.45) is 5.92 Å². The summed E-state index contributed by atoms with van der Waals surface area (Å²) in [5.41, 5.74) is 2.47. The molecule has 182 valence electrons. The molecule has 2 amide bonds. The van der Waals surface area contributed by atoms with Crippen LogP contribution in [0, 0.1) is 5.92 Å². The molecule has 0 unspecified atom stereocenters. The van der Waals surface area contributed by atoms with E-state index in [4.69, 9.17) is 0 Å². The molecule has 1 saturated heterocycles. The highest BCUT2D eigenvalue weighted by molar-refractivity contribution is 6.16. The molecule has 0 atom stereocenters. The summed E-state index contributed by atoms with van der Waals surface area (Å²) in [6.45, 7) is 2.75. The SMILES string of the molecule is O=C(NCC1CCCCC1)c1ncccc1NC(=O)c1ccc(N2CCCCC2)c2ccccc12. The standard InChI is InChI=1S/C29H34N4O2/c34-28(24-15-16-26(33-18-7-2-8-19-33)23-13-6-5-12-22(23)24)32-25-14-9-17-30-27(25)29(35)31-20-21-10-3-1-4-11-21/h5-6,9,12-17,21H,1-4,7-8,10-11,18-20H2,(H,31,35)(H,32,34).